The van der Waals surface area contributed by atoms with E-state index >= 15 is 0 Å². The Hall–Kier alpha value is -5.36. The second-order valence-electron chi connectivity index (χ2n) is 12.3. The van der Waals surface area contributed by atoms with E-state index < -0.39 is 0 Å². The molecule has 0 saturated heterocycles. The van der Waals surface area contributed by atoms with Crippen LogP contribution in [0, 0.1) is 0 Å². The number of para-hydroxylation sites is 1. The molecule has 10 aromatic rings. The van der Waals surface area contributed by atoms with Gasteiger partial charge in [0.05, 0.1) is 16.6 Å². The average Bonchev–Trinajstić information content (AvgIpc) is 3.78. The Bertz CT molecular complexity index is 2920. The van der Waals surface area contributed by atoms with Crippen molar-refractivity contribution in [2.45, 2.75) is 10.6 Å². The summed E-state index contributed by atoms with van der Waals surface area (Å²) in [5.41, 5.74) is 10.9. The van der Waals surface area contributed by atoms with Gasteiger partial charge in [-0.15, -0.1) is 23.1 Å². The monoisotopic (exact) mass is 635 g/mol. The molecule has 11 rings (SSSR count). The first kappa shape index (κ1) is 25.8. The lowest BCUT2D eigenvalue weighted by atomic mass is 9.99. The first-order chi connectivity index (χ1) is 23.3. The molecule has 47 heavy (non-hydrogen) atoms. The Morgan fingerprint density at radius 1 is 0.532 bits per heavy atom. The third-order valence-corrected chi connectivity index (χ3v) is 12.1. The molecule has 0 atom stereocenters. The maximum atomic E-state index is 5.02. The zero-order chi connectivity index (χ0) is 30.6. The molecule has 0 amide bonds. The van der Waals surface area contributed by atoms with Crippen LogP contribution < -0.4 is 0 Å². The molecule has 5 heteroatoms. The van der Waals surface area contributed by atoms with Gasteiger partial charge < -0.3 is 4.57 Å². The predicted molar refractivity (Wildman–Crippen MR) is 201 cm³/mol. The Morgan fingerprint density at radius 2 is 1.32 bits per heavy atom. The third-order valence-electron chi connectivity index (χ3n) is 9.85. The summed E-state index contributed by atoms with van der Waals surface area (Å²) in [7, 11) is 0. The Balaban J connectivity index is 1.26. The maximum Gasteiger partial charge on any atom is 0.145 e. The van der Waals surface area contributed by atoms with Gasteiger partial charge in [0.2, 0.25) is 0 Å². The van der Waals surface area contributed by atoms with Crippen LogP contribution in [0.15, 0.2) is 145 Å². The summed E-state index contributed by atoms with van der Waals surface area (Å²) in [6.07, 6.45) is 1.92. The molecule has 0 unspecified atom stereocenters. The summed E-state index contributed by atoms with van der Waals surface area (Å²) in [4.78, 5) is 6.38. The van der Waals surface area contributed by atoms with Crippen LogP contribution in [0.1, 0.15) is 5.56 Å². The number of rotatable bonds is 2. The minimum atomic E-state index is 0.974. The molecule has 5 heterocycles. The summed E-state index contributed by atoms with van der Waals surface area (Å²) in [6.45, 7) is 0. The number of pyridine rings is 1. The largest absolute Gasteiger partial charge is 0.309 e. The average molecular weight is 636 g/mol. The summed E-state index contributed by atoms with van der Waals surface area (Å²) in [5, 5.41) is 7.49. The highest BCUT2D eigenvalue weighted by Gasteiger charge is 2.23. The molecule has 0 spiro atoms. The molecule has 220 valence electrons. The zero-order valence-electron chi connectivity index (χ0n) is 25.1. The number of hydrogen-bond donors (Lipinski definition) is 0. The molecule has 0 saturated carbocycles. The van der Waals surface area contributed by atoms with Gasteiger partial charge >= 0.3 is 0 Å². The van der Waals surface area contributed by atoms with Crippen molar-refractivity contribution in [3.8, 4) is 22.5 Å². The van der Waals surface area contributed by atoms with Crippen molar-refractivity contribution < 1.29 is 0 Å². The van der Waals surface area contributed by atoms with Gasteiger partial charge in [-0.05, 0) is 83.4 Å². The lowest BCUT2D eigenvalue weighted by Crippen LogP contribution is -2.00. The van der Waals surface area contributed by atoms with Crippen LogP contribution in [-0.2, 0) is 5.75 Å². The number of nitrogens with zero attached hydrogens (tertiary/aromatic N) is 3. The van der Waals surface area contributed by atoms with Crippen LogP contribution in [-0.4, -0.2) is 14.1 Å². The standard InChI is InChI=1S/C42H25N3S2/c1-4-12-35-28(8-1)31-18-19-36-40(41(31)44(35)26-16-15-25-24-46-37-13-5-2-9-29(37)33(25)22-26)32-11-7-21-43-42(32)45(36)27-17-20-39-34(23-27)30-10-3-6-14-38(30)47-39/h1-23H,24H2. The third kappa shape index (κ3) is 3.56. The summed E-state index contributed by atoms with van der Waals surface area (Å²) in [6, 6.07) is 49.2. The molecule has 1 aliphatic heterocycles. The van der Waals surface area contributed by atoms with E-state index in [4.69, 9.17) is 4.98 Å². The van der Waals surface area contributed by atoms with Gasteiger partial charge in [-0.3, -0.25) is 4.57 Å². The smallest absolute Gasteiger partial charge is 0.145 e. The highest BCUT2D eigenvalue weighted by atomic mass is 32.2. The second-order valence-corrected chi connectivity index (χ2v) is 14.4. The van der Waals surface area contributed by atoms with Gasteiger partial charge in [0.15, 0.2) is 0 Å². The fourth-order valence-electron chi connectivity index (χ4n) is 7.82. The molecular formula is C42H25N3S2. The van der Waals surface area contributed by atoms with Crippen LogP contribution in [0.2, 0.25) is 0 Å². The van der Waals surface area contributed by atoms with E-state index in [9.17, 15) is 0 Å². The summed E-state index contributed by atoms with van der Waals surface area (Å²) >= 11 is 3.78. The molecular weight excluding hydrogens is 611 g/mol. The number of thioether (sulfide) groups is 1. The van der Waals surface area contributed by atoms with E-state index in [1.54, 1.807) is 0 Å². The highest BCUT2D eigenvalue weighted by molar-refractivity contribution is 7.98. The van der Waals surface area contributed by atoms with Crippen molar-refractivity contribution in [3.05, 3.63) is 145 Å². The minimum absolute atomic E-state index is 0.974. The van der Waals surface area contributed by atoms with Crippen molar-refractivity contribution in [1.29, 1.82) is 0 Å². The minimum Gasteiger partial charge on any atom is -0.309 e. The summed E-state index contributed by atoms with van der Waals surface area (Å²) in [5.74, 6) is 0.993. The van der Waals surface area contributed by atoms with Gasteiger partial charge in [-0.25, -0.2) is 4.98 Å². The Labute approximate surface area is 278 Å². The molecule has 1 aliphatic rings. The van der Waals surface area contributed by atoms with Gasteiger partial charge in [-0.2, -0.15) is 0 Å². The number of fused-ring (bicyclic) bond motifs is 13. The highest BCUT2D eigenvalue weighted by Crippen LogP contribution is 2.45. The van der Waals surface area contributed by atoms with E-state index in [-0.39, 0.29) is 0 Å². The van der Waals surface area contributed by atoms with E-state index in [2.05, 4.69) is 143 Å². The van der Waals surface area contributed by atoms with Crippen LogP contribution in [0.3, 0.4) is 0 Å². The van der Waals surface area contributed by atoms with E-state index in [0.29, 0.717) is 0 Å². The molecule has 0 fully saturated rings. The van der Waals surface area contributed by atoms with Crippen LogP contribution in [0.4, 0.5) is 0 Å². The quantitative estimate of drug-likeness (QED) is 0.189. The first-order valence-electron chi connectivity index (χ1n) is 15.9. The number of thiophene rings is 1. The molecule has 0 radical (unpaired) electrons. The maximum absolute atomic E-state index is 5.02. The Kier molecular flexibility index (Phi) is 5.26. The Morgan fingerprint density at radius 3 is 2.30 bits per heavy atom. The van der Waals surface area contributed by atoms with E-state index in [1.807, 2.05) is 29.3 Å². The molecule has 0 bridgehead atoms. The van der Waals surface area contributed by atoms with Crippen molar-refractivity contribution in [1.82, 2.24) is 14.1 Å². The second kappa shape index (κ2) is 9.58. The van der Waals surface area contributed by atoms with Crippen LogP contribution in [0.25, 0.3) is 86.4 Å². The number of hydrogen-bond acceptors (Lipinski definition) is 3. The molecule has 3 nitrogen and oxygen atoms in total. The SMILES string of the molecule is c1ccc2c(c1)SCc1ccc(-n3c4ccccc4c4ccc5c(c6cccnc6n5-c5ccc6sc7ccccc7c6c5)c43)cc1-2. The molecule has 0 aliphatic carbocycles. The number of benzene rings is 6. The zero-order valence-corrected chi connectivity index (χ0v) is 26.8. The predicted octanol–water partition coefficient (Wildman–Crippen LogP) is 11.9. The van der Waals surface area contributed by atoms with Crippen LogP contribution >= 0.6 is 23.1 Å². The molecule has 6 aromatic carbocycles. The van der Waals surface area contributed by atoms with Crippen molar-refractivity contribution >= 4 is 87.0 Å². The van der Waals surface area contributed by atoms with Gasteiger partial charge in [0.25, 0.3) is 0 Å². The van der Waals surface area contributed by atoms with Gasteiger partial charge in [0.1, 0.15) is 5.65 Å². The molecule has 4 aromatic heterocycles. The summed E-state index contributed by atoms with van der Waals surface area (Å²) < 4.78 is 7.47. The number of aromatic nitrogens is 3. The van der Waals surface area contributed by atoms with Gasteiger partial charge in [0, 0.05) is 69.9 Å². The first-order valence-corrected chi connectivity index (χ1v) is 17.7. The van der Waals surface area contributed by atoms with Crippen molar-refractivity contribution in [2.75, 3.05) is 0 Å². The molecule has 0 N–H and O–H groups in total. The van der Waals surface area contributed by atoms with E-state index in [0.717, 1.165) is 28.0 Å². The fourth-order valence-corrected chi connectivity index (χ4v) is 9.97. The van der Waals surface area contributed by atoms with Gasteiger partial charge in [-0.1, -0.05) is 66.7 Å². The van der Waals surface area contributed by atoms with Crippen LogP contribution in [0.5, 0.6) is 0 Å². The fraction of sp³-hybridized carbons (Fsp3) is 0.0238. The lowest BCUT2D eigenvalue weighted by Gasteiger charge is -2.21. The van der Waals surface area contributed by atoms with E-state index in [1.165, 1.54) is 74.6 Å². The van der Waals surface area contributed by atoms with Crippen molar-refractivity contribution in [2.24, 2.45) is 0 Å². The normalized spacial score (nSPS) is 12.9. The van der Waals surface area contributed by atoms with Crippen molar-refractivity contribution in [3.63, 3.8) is 0 Å². The topological polar surface area (TPSA) is 22.8 Å². The lowest BCUT2D eigenvalue weighted by molar-refractivity contribution is 1.14.